The van der Waals surface area contributed by atoms with Crippen molar-refractivity contribution in [3.63, 3.8) is 0 Å². The summed E-state index contributed by atoms with van der Waals surface area (Å²) < 4.78 is 0. The number of nitrogens with zero attached hydrogens (tertiary/aromatic N) is 1. The minimum Gasteiger partial charge on any atom is -0.302 e. The van der Waals surface area contributed by atoms with Gasteiger partial charge in [-0.3, -0.25) is 14.5 Å². The van der Waals surface area contributed by atoms with Crippen molar-refractivity contribution in [1.82, 2.24) is 10.2 Å². The van der Waals surface area contributed by atoms with E-state index in [9.17, 15) is 9.59 Å². The molecule has 5 heteroatoms. The molecule has 3 unspecified atom stereocenters. The van der Waals surface area contributed by atoms with Crippen LogP contribution in [0.4, 0.5) is 0 Å². The van der Waals surface area contributed by atoms with E-state index in [1.165, 1.54) is 17.7 Å². The van der Waals surface area contributed by atoms with Crippen LogP contribution in [0.15, 0.2) is 0 Å². The van der Waals surface area contributed by atoms with Crippen LogP contribution in [0.5, 0.6) is 0 Å². The summed E-state index contributed by atoms with van der Waals surface area (Å²) in [5.41, 5.74) is 0. The number of rotatable bonds is 3. The quantitative estimate of drug-likeness (QED) is 0.737. The van der Waals surface area contributed by atoms with Crippen LogP contribution >= 0.6 is 11.8 Å². The van der Waals surface area contributed by atoms with Crippen LogP contribution in [0.2, 0.25) is 0 Å². The van der Waals surface area contributed by atoms with E-state index in [4.69, 9.17) is 0 Å². The summed E-state index contributed by atoms with van der Waals surface area (Å²) >= 11 is 1.85. The minimum absolute atomic E-state index is 0.0683. The van der Waals surface area contributed by atoms with Gasteiger partial charge >= 0.3 is 0 Å². The van der Waals surface area contributed by atoms with E-state index in [1.54, 1.807) is 7.05 Å². The number of carbonyl (C=O) groups is 2. The van der Waals surface area contributed by atoms with Crippen LogP contribution in [0, 0.1) is 0 Å². The predicted octanol–water partition coefficient (Wildman–Crippen LogP) is 0.617. The van der Waals surface area contributed by atoms with Gasteiger partial charge in [0.15, 0.2) is 0 Å². The van der Waals surface area contributed by atoms with Gasteiger partial charge in [0.25, 0.3) is 0 Å². The summed E-state index contributed by atoms with van der Waals surface area (Å²) in [5, 5.41) is 3.95. The van der Waals surface area contributed by atoms with Gasteiger partial charge in [-0.2, -0.15) is 11.8 Å². The third-order valence-corrected chi connectivity index (χ3v) is 4.72. The highest BCUT2D eigenvalue weighted by Crippen LogP contribution is 2.29. The molecule has 0 aromatic rings. The lowest BCUT2D eigenvalue weighted by Gasteiger charge is -2.22. The highest BCUT2D eigenvalue weighted by Gasteiger charge is 2.39. The number of hydrogen-bond acceptors (Lipinski definition) is 4. The number of likely N-dealkylation sites (N-methyl/N-ethyl adjacent to an activating group) is 1. The normalized spacial score (nSPS) is 35.1. The largest absolute Gasteiger partial charge is 0.302 e. The zero-order chi connectivity index (χ0) is 11.7. The maximum Gasteiger partial charge on any atom is 0.246 e. The maximum atomic E-state index is 11.7. The second kappa shape index (κ2) is 4.75. The summed E-state index contributed by atoms with van der Waals surface area (Å²) in [7, 11) is 1.56. The Labute approximate surface area is 100 Å². The van der Waals surface area contributed by atoms with Gasteiger partial charge in [-0.05, 0) is 19.1 Å². The molecule has 0 spiro atoms. The third kappa shape index (κ3) is 2.11. The fourth-order valence-corrected chi connectivity index (χ4v) is 3.49. The van der Waals surface area contributed by atoms with Gasteiger partial charge in [0.1, 0.15) is 0 Å². The van der Waals surface area contributed by atoms with Crippen molar-refractivity contribution in [2.45, 2.75) is 43.0 Å². The van der Waals surface area contributed by atoms with Gasteiger partial charge in [0, 0.05) is 18.3 Å². The summed E-state index contributed by atoms with van der Waals surface area (Å²) in [6.45, 7) is 0. The van der Waals surface area contributed by atoms with Crippen molar-refractivity contribution in [2.24, 2.45) is 0 Å². The molecule has 2 rings (SSSR count). The molecular weight excluding hydrogens is 224 g/mol. The zero-order valence-corrected chi connectivity index (χ0v) is 10.5. The van der Waals surface area contributed by atoms with Crippen molar-refractivity contribution in [2.75, 3.05) is 13.3 Å². The second-order valence-corrected chi connectivity index (χ2v) is 5.60. The Bertz CT molecular complexity index is 308. The summed E-state index contributed by atoms with van der Waals surface area (Å²) in [6.07, 6.45) is 5.98. The van der Waals surface area contributed by atoms with Crippen molar-refractivity contribution in [1.29, 1.82) is 0 Å². The minimum atomic E-state index is -0.282. The summed E-state index contributed by atoms with van der Waals surface area (Å²) in [5.74, 6) is -0.141. The molecule has 2 amide bonds. The van der Waals surface area contributed by atoms with E-state index >= 15 is 0 Å². The van der Waals surface area contributed by atoms with Gasteiger partial charge in [0.05, 0.1) is 12.5 Å². The Balaban J connectivity index is 1.95. The first kappa shape index (κ1) is 11.9. The fraction of sp³-hybridized carbons (Fsp3) is 0.818. The second-order valence-electron chi connectivity index (χ2n) is 4.53. The predicted molar refractivity (Wildman–Crippen MR) is 64.3 cm³/mol. The maximum absolute atomic E-state index is 11.7. The summed E-state index contributed by atoms with van der Waals surface area (Å²) in [6, 6.07) is 0.110. The van der Waals surface area contributed by atoms with Gasteiger partial charge in [-0.25, -0.2) is 0 Å². The van der Waals surface area contributed by atoms with E-state index in [1.807, 2.05) is 11.8 Å². The first-order valence-corrected chi connectivity index (χ1v) is 7.01. The molecule has 2 fully saturated rings. The Kier molecular flexibility index (Phi) is 3.54. The third-order valence-electron chi connectivity index (χ3n) is 3.55. The van der Waals surface area contributed by atoms with Crippen LogP contribution in [-0.2, 0) is 9.59 Å². The molecule has 0 bridgehead atoms. The highest BCUT2D eigenvalue weighted by atomic mass is 32.2. The lowest BCUT2D eigenvalue weighted by molar-refractivity contribution is -0.137. The average molecular weight is 242 g/mol. The molecule has 0 aromatic heterocycles. The zero-order valence-electron chi connectivity index (χ0n) is 9.73. The first-order chi connectivity index (χ1) is 7.63. The number of amides is 2. The highest BCUT2D eigenvalue weighted by molar-refractivity contribution is 7.99. The molecule has 0 radical (unpaired) electrons. The van der Waals surface area contributed by atoms with Gasteiger partial charge in [-0.1, -0.05) is 6.42 Å². The molecule has 3 atom stereocenters. The molecule has 2 aliphatic rings. The standard InChI is InChI=1S/C11H18N2O2S/c1-13-10(14)6-8(11(13)15)12-7-4-3-5-9(7)16-2/h7-9,12H,3-6H2,1-2H3. The molecule has 1 aliphatic carbocycles. The van der Waals surface area contributed by atoms with Crippen LogP contribution in [0.25, 0.3) is 0 Å². The molecule has 90 valence electrons. The number of imide groups is 1. The van der Waals surface area contributed by atoms with Gasteiger partial charge in [-0.15, -0.1) is 0 Å². The monoisotopic (exact) mass is 242 g/mol. The topological polar surface area (TPSA) is 49.4 Å². The van der Waals surface area contributed by atoms with Crippen molar-refractivity contribution >= 4 is 23.6 Å². The van der Waals surface area contributed by atoms with Gasteiger partial charge < -0.3 is 5.32 Å². The lowest BCUT2D eigenvalue weighted by Crippen LogP contribution is -2.45. The smallest absolute Gasteiger partial charge is 0.246 e. The number of hydrogen-bond donors (Lipinski definition) is 1. The average Bonchev–Trinajstić information content (AvgIpc) is 2.81. The summed E-state index contributed by atoms with van der Waals surface area (Å²) in [4.78, 5) is 24.4. The van der Waals surface area contributed by atoms with Crippen molar-refractivity contribution in [3.05, 3.63) is 0 Å². The number of carbonyl (C=O) groups excluding carboxylic acids is 2. The number of nitrogens with one attached hydrogen (secondary N) is 1. The van der Waals surface area contributed by atoms with E-state index in [0.29, 0.717) is 17.7 Å². The molecular formula is C11H18N2O2S. The van der Waals surface area contributed by atoms with Crippen LogP contribution in [0.3, 0.4) is 0 Å². The fourth-order valence-electron chi connectivity index (χ4n) is 2.54. The Morgan fingerprint density at radius 3 is 2.69 bits per heavy atom. The molecule has 1 saturated heterocycles. The molecule has 1 N–H and O–H groups in total. The van der Waals surface area contributed by atoms with E-state index in [0.717, 1.165) is 6.42 Å². The SMILES string of the molecule is CSC1CCCC1NC1CC(=O)N(C)C1=O. The molecule has 4 nitrogen and oxygen atoms in total. The van der Waals surface area contributed by atoms with Crippen LogP contribution in [0.1, 0.15) is 25.7 Å². The molecule has 0 aromatic carbocycles. The Morgan fingerprint density at radius 1 is 1.38 bits per heavy atom. The van der Waals surface area contributed by atoms with Crippen LogP contribution in [-0.4, -0.2) is 47.4 Å². The number of likely N-dealkylation sites (tertiary alicyclic amines) is 1. The Morgan fingerprint density at radius 2 is 2.12 bits per heavy atom. The van der Waals surface area contributed by atoms with Gasteiger partial charge in [0.2, 0.25) is 11.8 Å². The van der Waals surface area contributed by atoms with E-state index < -0.39 is 0 Å². The molecule has 1 heterocycles. The molecule has 16 heavy (non-hydrogen) atoms. The Hall–Kier alpha value is -0.550. The van der Waals surface area contributed by atoms with Crippen molar-refractivity contribution in [3.8, 4) is 0 Å². The lowest BCUT2D eigenvalue weighted by atomic mass is 10.2. The van der Waals surface area contributed by atoms with E-state index in [-0.39, 0.29) is 17.9 Å². The number of thioether (sulfide) groups is 1. The molecule has 1 saturated carbocycles. The first-order valence-electron chi connectivity index (χ1n) is 5.72. The van der Waals surface area contributed by atoms with Crippen LogP contribution < -0.4 is 5.32 Å². The van der Waals surface area contributed by atoms with Crippen molar-refractivity contribution < 1.29 is 9.59 Å². The molecule has 1 aliphatic heterocycles. The van der Waals surface area contributed by atoms with E-state index in [2.05, 4.69) is 11.6 Å².